The molecule has 0 atom stereocenters. The molecule has 0 radical (unpaired) electrons. The molecule has 0 unspecified atom stereocenters. The van der Waals surface area contributed by atoms with Crippen molar-refractivity contribution in [3.8, 4) is 0 Å². The van der Waals surface area contributed by atoms with Crippen LogP contribution in [0.5, 0.6) is 0 Å². The molecule has 5 nitrogen and oxygen atoms in total. The van der Waals surface area contributed by atoms with Gasteiger partial charge in [-0.25, -0.2) is 13.1 Å². The van der Waals surface area contributed by atoms with Crippen LogP contribution in [0.2, 0.25) is 0 Å². The summed E-state index contributed by atoms with van der Waals surface area (Å²) in [5, 5.41) is 2.69. The summed E-state index contributed by atoms with van der Waals surface area (Å²) in [6.45, 7) is 4.05. The minimum absolute atomic E-state index is 0.111. The van der Waals surface area contributed by atoms with Crippen LogP contribution in [-0.4, -0.2) is 14.3 Å². The van der Waals surface area contributed by atoms with Gasteiger partial charge in [-0.15, -0.1) is 0 Å². The first-order chi connectivity index (χ1) is 11.5. The number of hydrogen-bond donors (Lipinski definition) is 2. The molecular formula is C18H22N2O3S. The number of sulfonamides is 1. The third kappa shape index (κ3) is 4.66. The molecule has 2 aromatic carbocycles. The van der Waals surface area contributed by atoms with E-state index in [0.29, 0.717) is 12.1 Å². The fourth-order valence-corrected chi connectivity index (χ4v) is 3.30. The Morgan fingerprint density at radius 2 is 1.58 bits per heavy atom. The van der Waals surface area contributed by atoms with Crippen molar-refractivity contribution in [2.24, 2.45) is 0 Å². The highest BCUT2D eigenvalue weighted by molar-refractivity contribution is 7.89. The molecule has 0 aliphatic heterocycles. The van der Waals surface area contributed by atoms with Gasteiger partial charge in [-0.2, -0.15) is 0 Å². The molecule has 0 heterocycles. The number of carbonyl (C=O) groups is 1. The largest absolute Gasteiger partial charge is 0.326 e. The predicted octanol–water partition coefficient (Wildman–Crippen LogP) is 3.08. The molecular weight excluding hydrogens is 324 g/mol. The summed E-state index contributed by atoms with van der Waals surface area (Å²) in [5.74, 6) is -0.111. The van der Waals surface area contributed by atoms with E-state index in [1.807, 2.05) is 31.2 Å². The Labute approximate surface area is 143 Å². The van der Waals surface area contributed by atoms with E-state index in [2.05, 4.69) is 10.0 Å². The third-order valence-corrected chi connectivity index (χ3v) is 5.14. The number of rotatable bonds is 7. The quantitative estimate of drug-likeness (QED) is 0.809. The fraction of sp³-hybridized carbons (Fsp3) is 0.278. The first-order valence-corrected chi connectivity index (χ1v) is 9.41. The van der Waals surface area contributed by atoms with Crippen LogP contribution in [-0.2, 0) is 27.8 Å². The van der Waals surface area contributed by atoms with Crippen molar-refractivity contribution in [3.63, 3.8) is 0 Å². The number of benzene rings is 2. The summed E-state index contributed by atoms with van der Waals surface area (Å²) in [6, 6.07) is 13.9. The first kappa shape index (κ1) is 18.2. The normalized spacial score (nSPS) is 11.2. The van der Waals surface area contributed by atoms with Crippen LogP contribution in [0, 0.1) is 0 Å². The summed E-state index contributed by atoms with van der Waals surface area (Å²) in [5.41, 5.74) is 2.67. The molecule has 2 aromatic rings. The molecule has 128 valence electrons. The monoisotopic (exact) mass is 346 g/mol. The van der Waals surface area contributed by atoms with Gasteiger partial charge >= 0.3 is 0 Å². The van der Waals surface area contributed by atoms with E-state index in [0.717, 1.165) is 17.5 Å². The zero-order valence-corrected chi connectivity index (χ0v) is 14.7. The Kier molecular flexibility index (Phi) is 6.11. The summed E-state index contributed by atoms with van der Waals surface area (Å²) in [6.07, 6.45) is 1.22. The molecule has 0 aliphatic rings. The summed E-state index contributed by atoms with van der Waals surface area (Å²) >= 11 is 0. The second kappa shape index (κ2) is 8.08. The van der Waals surface area contributed by atoms with Crippen LogP contribution in [0.1, 0.15) is 31.4 Å². The van der Waals surface area contributed by atoms with Crippen molar-refractivity contribution in [2.75, 3.05) is 5.32 Å². The van der Waals surface area contributed by atoms with Gasteiger partial charge in [0.05, 0.1) is 4.90 Å². The van der Waals surface area contributed by atoms with Gasteiger partial charge in [-0.1, -0.05) is 38.1 Å². The van der Waals surface area contributed by atoms with Gasteiger partial charge in [-0.3, -0.25) is 4.79 Å². The lowest BCUT2D eigenvalue weighted by Gasteiger charge is -2.11. The maximum absolute atomic E-state index is 12.4. The molecule has 1 amide bonds. The van der Waals surface area contributed by atoms with E-state index in [-0.39, 0.29) is 17.3 Å². The van der Waals surface area contributed by atoms with Crippen LogP contribution in [0.4, 0.5) is 5.69 Å². The van der Waals surface area contributed by atoms with Gasteiger partial charge in [0.1, 0.15) is 0 Å². The second-order valence-electron chi connectivity index (χ2n) is 5.37. The van der Waals surface area contributed by atoms with Crippen molar-refractivity contribution in [1.29, 1.82) is 0 Å². The maximum atomic E-state index is 12.4. The molecule has 0 bridgehead atoms. The Balaban J connectivity index is 2.08. The lowest BCUT2D eigenvalue weighted by molar-refractivity contribution is -0.115. The fourth-order valence-electron chi connectivity index (χ4n) is 2.30. The Morgan fingerprint density at radius 3 is 2.17 bits per heavy atom. The highest BCUT2D eigenvalue weighted by atomic mass is 32.2. The standard InChI is InChI=1S/C18H22N2O3S/c1-3-14-7-5-6-8-15(14)13-19-24(22,23)17-11-9-16(10-12-17)20-18(21)4-2/h5-12,19H,3-4,13H2,1-2H3,(H,20,21). The highest BCUT2D eigenvalue weighted by Gasteiger charge is 2.14. The third-order valence-electron chi connectivity index (χ3n) is 3.72. The van der Waals surface area contributed by atoms with E-state index in [1.54, 1.807) is 19.1 Å². The van der Waals surface area contributed by atoms with Gasteiger partial charge < -0.3 is 5.32 Å². The van der Waals surface area contributed by atoms with E-state index in [4.69, 9.17) is 0 Å². The SMILES string of the molecule is CCC(=O)Nc1ccc(S(=O)(=O)NCc2ccccc2CC)cc1. The van der Waals surface area contributed by atoms with Gasteiger partial charge in [0.15, 0.2) is 0 Å². The van der Waals surface area contributed by atoms with Crippen molar-refractivity contribution in [3.05, 3.63) is 59.7 Å². The van der Waals surface area contributed by atoms with Gasteiger partial charge in [-0.05, 0) is 41.8 Å². The summed E-state index contributed by atoms with van der Waals surface area (Å²) < 4.78 is 27.4. The van der Waals surface area contributed by atoms with Crippen LogP contribution >= 0.6 is 0 Å². The van der Waals surface area contributed by atoms with Crippen molar-refractivity contribution < 1.29 is 13.2 Å². The van der Waals surface area contributed by atoms with Crippen molar-refractivity contribution >= 4 is 21.6 Å². The number of amides is 1. The molecule has 2 rings (SSSR count). The molecule has 0 aliphatic carbocycles. The van der Waals surface area contributed by atoms with Crippen molar-refractivity contribution in [2.45, 2.75) is 38.1 Å². The molecule has 0 fully saturated rings. The zero-order chi connectivity index (χ0) is 17.6. The lowest BCUT2D eigenvalue weighted by Crippen LogP contribution is -2.23. The Hall–Kier alpha value is -2.18. The number of hydrogen-bond acceptors (Lipinski definition) is 3. The van der Waals surface area contributed by atoms with Crippen molar-refractivity contribution in [1.82, 2.24) is 4.72 Å². The predicted molar refractivity (Wildman–Crippen MR) is 95.2 cm³/mol. The van der Waals surface area contributed by atoms with E-state index in [1.165, 1.54) is 12.1 Å². The minimum Gasteiger partial charge on any atom is -0.326 e. The molecule has 0 saturated heterocycles. The number of aryl methyl sites for hydroxylation is 1. The minimum atomic E-state index is -3.60. The summed E-state index contributed by atoms with van der Waals surface area (Å²) in [7, 11) is -3.60. The van der Waals surface area contributed by atoms with E-state index >= 15 is 0 Å². The smallest absolute Gasteiger partial charge is 0.240 e. The first-order valence-electron chi connectivity index (χ1n) is 7.92. The average molecular weight is 346 g/mol. The zero-order valence-electron chi connectivity index (χ0n) is 13.9. The molecule has 2 N–H and O–H groups in total. The van der Waals surface area contributed by atoms with E-state index in [9.17, 15) is 13.2 Å². The topological polar surface area (TPSA) is 75.3 Å². The van der Waals surface area contributed by atoms with E-state index < -0.39 is 10.0 Å². The van der Waals surface area contributed by atoms with Crippen LogP contribution < -0.4 is 10.0 Å². The van der Waals surface area contributed by atoms with Crippen LogP contribution in [0.25, 0.3) is 0 Å². The van der Waals surface area contributed by atoms with Crippen LogP contribution in [0.15, 0.2) is 53.4 Å². The van der Waals surface area contributed by atoms with Gasteiger partial charge in [0.25, 0.3) is 0 Å². The molecule has 0 aromatic heterocycles. The molecule has 6 heteroatoms. The number of carbonyl (C=O) groups excluding carboxylic acids is 1. The Morgan fingerprint density at radius 1 is 0.958 bits per heavy atom. The van der Waals surface area contributed by atoms with Crippen LogP contribution in [0.3, 0.4) is 0 Å². The number of anilines is 1. The number of nitrogens with one attached hydrogen (secondary N) is 2. The van der Waals surface area contributed by atoms with Gasteiger partial charge in [0.2, 0.25) is 15.9 Å². The molecule has 24 heavy (non-hydrogen) atoms. The molecule has 0 spiro atoms. The van der Waals surface area contributed by atoms with Gasteiger partial charge in [0, 0.05) is 18.7 Å². The lowest BCUT2D eigenvalue weighted by atomic mass is 10.1. The maximum Gasteiger partial charge on any atom is 0.240 e. The molecule has 0 saturated carbocycles. The Bertz CT molecular complexity index is 799. The average Bonchev–Trinajstić information content (AvgIpc) is 2.60. The highest BCUT2D eigenvalue weighted by Crippen LogP contribution is 2.16. The summed E-state index contributed by atoms with van der Waals surface area (Å²) in [4.78, 5) is 11.5. The second-order valence-corrected chi connectivity index (χ2v) is 7.14.